The second-order valence-corrected chi connectivity index (χ2v) is 18.2. The molecule has 0 radical (unpaired) electrons. The molecule has 0 heterocycles. The van der Waals surface area contributed by atoms with Crippen molar-refractivity contribution in [3.05, 3.63) is 0 Å². The molecule has 1 amide bonds. The summed E-state index contributed by atoms with van der Waals surface area (Å²) < 4.78 is 5.46. The number of esters is 1. The highest BCUT2D eigenvalue weighted by Gasteiger charge is 2.20. The number of rotatable bonds is 49. The van der Waals surface area contributed by atoms with Gasteiger partial charge in [0.1, 0.15) is 0 Å². The smallest absolute Gasteiger partial charge is 0.305 e. The number of hydrogen-bond donors (Lipinski definition) is 3. The van der Waals surface area contributed by atoms with Crippen LogP contribution in [-0.4, -0.2) is 47.4 Å². The van der Waals surface area contributed by atoms with Crippen LogP contribution in [0.5, 0.6) is 0 Å². The topological polar surface area (TPSA) is 95.9 Å². The molecular formula is C52H103NO5. The Balaban J connectivity index is 3.34. The van der Waals surface area contributed by atoms with Gasteiger partial charge in [-0.1, -0.05) is 258 Å². The van der Waals surface area contributed by atoms with Crippen molar-refractivity contribution in [2.75, 3.05) is 13.2 Å². The van der Waals surface area contributed by atoms with E-state index >= 15 is 0 Å². The summed E-state index contributed by atoms with van der Waals surface area (Å²) in [7, 11) is 0. The molecular weight excluding hydrogens is 719 g/mol. The molecule has 0 aromatic rings. The van der Waals surface area contributed by atoms with Crippen molar-refractivity contribution in [1.82, 2.24) is 5.32 Å². The second-order valence-electron chi connectivity index (χ2n) is 18.2. The predicted molar refractivity (Wildman–Crippen MR) is 250 cm³/mol. The van der Waals surface area contributed by atoms with E-state index < -0.39 is 12.1 Å². The zero-order valence-corrected chi connectivity index (χ0v) is 39.3. The third-order valence-corrected chi connectivity index (χ3v) is 12.4. The third-order valence-electron chi connectivity index (χ3n) is 12.4. The number of ether oxygens (including phenoxy) is 1. The number of carbonyl (C=O) groups is 2. The van der Waals surface area contributed by atoms with Crippen LogP contribution in [0.15, 0.2) is 0 Å². The minimum Gasteiger partial charge on any atom is -0.466 e. The molecule has 6 heteroatoms. The Kier molecular flexibility index (Phi) is 47.6. The Morgan fingerprint density at radius 2 is 0.707 bits per heavy atom. The van der Waals surface area contributed by atoms with Gasteiger partial charge in [-0.2, -0.15) is 0 Å². The van der Waals surface area contributed by atoms with Gasteiger partial charge in [0.25, 0.3) is 0 Å². The Morgan fingerprint density at radius 3 is 1.05 bits per heavy atom. The van der Waals surface area contributed by atoms with Crippen LogP contribution < -0.4 is 5.32 Å². The van der Waals surface area contributed by atoms with Crippen LogP contribution in [0, 0.1) is 0 Å². The molecule has 0 saturated carbocycles. The Bertz CT molecular complexity index is 822. The van der Waals surface area contributed by atoms with E-state index in [-0.39, 0.29) is 18.5 Å². The molecule has 0 aliphatic rings. The van der Waals surface area contributed by atoms with Crippen molar-refractivity contribution in [1.29, 1.82) is 0 Å². The van der Waals surface area contributed by atoms with Gasteiger partial charge >= 0.3 is 5.97 Å². The largest absolute Gasteiger partial charge is 0.466 e. The number of unbranched alkanes of at least 4 members (excludes halogenated alkanes) is 38. The van der Waals surface area contributed by atoms with Crippen molar-refractivity contribution in [3.8, 4) is 0 Å². The summed E-state index contributed by atoms with van der Waals surface area (Å²) in [6, 6.07) is -0.538. The maximum Gasteiger partial charge on any atom is 0.305 e. The maximum absolute atomic E-state index is 12.4. The van der Waals surface area contributed by atoms with Crippen LogP contribution in [0.25, 0.3) is 0 Å². The minimum absolute atomic E-state index is 0.0119. The Morgan fingerprint density at radius 1 is 0.414 bits per heavy atom. The molecule has 0 fully saturated rings. The van der Waals surface area contributed by atoms with E-state index in [1.807, 2.05) is 0 Å². The lowest BCUT2D eigenvalue weighted by Crippen LogP contribution is -2.45. The molecule has 346 valence electrons. The molecule has 2 unspecified atom stereocenters. The van der Waals surface area contributed by atoms with Crippen LogP contribution in [0.3, 0.4) is 0 Å². The summed E-state index contributed by atoms with van der Waals surface area (Å²) in [6.07, 6.45) is 53.7. The fourth-order valence-electron chi connectivity index (χ4n) is 8.35. The molecule has 6 nitrogen and oxygen atoms in total. The highest BCUT2D eigenvalue weighted by atomic mass is 16.5. The van der Waals surface area contributed by atoms with Crippen LogP contribution in [0.2, 0.25) is 0 Å². The molecule has 0 rings (SSSR count). The van der Waals surface area contributed by atoms with Gasteiger partial charge in [-0.15, -0.1) is 0 Å². The number of carbonyl (C=O) groups excluding carboxylic acids is 2. The van der Waals surface area contributed by atoms with E-state index in [2.05, 4.69) is 19.2 Å². The average Bonchev–Trinajstić information content (AvgIpc) is 3.22. The average molecular weight is 822 g/mol. The van der Waals surface area contributed by atoms with Crippen molar-refractivity contribution in [2.45, 2.75) is 309 Å². The molecule has 0 aliphatic heterocycles. The minimum atomic E-state index is -0.661. The van der Waals surface area contributed by atoms with Gasteiger partial charge in [0, 0.05) is 12.8 Å². The molecule has 0 bridgehead atoms. The Hall–Kier alpha value is -1.14. The second kappa shape index (κ2) is 48.5. The first kappa shape index (κ1) is 56.9. The molecule has 0 saturated heterocycles. The van der Waals surface area contributed by atoms with E-state index in [0.29, 0.717) is 25.9 Å². The van der Waals surface area contributed by atoms with E-state index in [1.165, 1.54) is 225 Å². The van der Waals surface area contributed by atoms with Gasteiger partial charge in [0.2, 0.25) is 5.91 Å². The standard InChI is InChI=1S/C52H103NO5/c1-3-5-7-9-11-13-25-30-34-38-42-46-52(57)58-47-43-39-35-31-27-24-22-20-18-16-14-15-17-19-21-23-26-29-33-37-41-45-51(56)53-49(48-54)50(55)44-40-36-32-28-12-10-8-6-4-2/h49-50,54-55H,3-48H2,1-2H3,(H,53,56). The fraction of sp³-hybridized carbons (Fsp3) is 0.962. The van der Waals surface area contributed by atoms with E-state index in [0.717, 1.165) is 38.5 Å². The molecule has 2 atom stereocenters. The van der Waals surface area contributed by atoms with Gasteiger partial charge in [-0.05, 0) is 25.7 Å². The van der Waals surface area contributed by atoms with Crippen LogP contribution in [0.1, 0.15) is 296 Å². The van der Waals surface area contributed by atoms with E-state index in [4.69, 9.17) is 4.74 Å². The van der Waals surface area contributed by atoms with Crippen LogP contribution in [0.4, 0.5) is 0 Å². The fourth-order valence-corrected chi connectivity index (χ4v) is 8.35. The van der Waals surface area contributed by atoms with Gasteiger partial charge in [0.05, 0.1) is 25.4 Å². The number of nitrogens with one attached hydrogen (secondary N) is 1. The van der Waals surface area contributed by atoms with Crippen LogP contribution in [-0.2, 0) is 14.3 Å². The number of aliphatic hydroxyl groups is 2. The lowest BCUT2D eigenvalue weighted by molar-refractivity contribution is -0.143. The summed E-state index contributed by atoms with van der Waals surface area (Å²) in [5, 5.41) is 23.1. The molecule has 0 aliphatic carbocycles. The summed E-state index contributed by atoms with van der Waals surface area (Å²) in [4.78, 5) is 24.4. The highest BCUT2D eigenvalue weighted by molar-refractivity contribution is 5.76. The van der Waals surface area contributed by atoms with Crippen molar-refractivity contribution >= 4 is 11.9 Å². The Labute approximate surface area is 362 Å². The van der Waals surface area contributed by atoms with Gasteiger partial charge in [-0.3, -0.25) is 9.59 Å². The lowest BCUT2D eigenvalue weighted by Gasteiger charge is -2.22. The number of amides is 1. The van der Waals surface area contributed by atoms with Gasteiger partial charge in [0.15, 0.2) is 0 Å². The molecule has 58 heavy (non-hydrogen) atoms. The number of aliphatic hydroxyl groups excluding tert-OH is 2. The summed E-state index contributed by atoms with van der Waals surface area (Å²) in [5.74, 6) is -0.0254. The van der Waals surface area contributed by atoms with E-state index in [1.54, 1.807) is 0 Å². The van der Waals surface area contributed by atoms with Crippen molar-refractivity contribution in [2.24, 2.45) is 0 Å². The summed E-state index contributed by atoms with van der Waals surface area (Å²) in [5.41, 5.74) is 0. The van der Waals surface area contributed by atoms with Crippen LogP contribution >= 0.6 is 0 Å². The van der Waals surface area contributed by atoms with Crippen molar-refractivity contribution < 1.29 is 24.5 Å². The molecule has 0 aromatic heterocycles. The quantitative estimate of drug-likeness (QED) is 0.0420. The first-order chi connectivity index (χ1) is 28.5. The monoisotopic (exact) mass is 822 g/mol. The zero-order chi connectivity index (χ0) is 42.3. The first-order valence-corrected chi connectivity index (χ1v) is 26.3. The van der Waals surface area contributed by atoms with Gasteiger partial charge in [-0.25, -0.2) is 0 Å². The summed E-state index contributed by atoms with van der Waals surface area (Å²) >= 11 is 0. The number of hydrogen-bond acceptors (Lipinski definition) is 5. The normalized spacial score (nSPS) is 12.6. The van der Waals surface area contributed by atoms with E-state index in [9.17, 15) is 19.8 Å². The molecule has 0 spiro atoms. The first-order valence-electron chi connectivity index (χ1n) is 26.3. The molecule has 0 aromatic carbocycles. The zero-order valence-electron chi connectivity index (χ0n) is 39.3. The molecule has 3 N–H and O–H groups in total. The maximum atomic E-state index is 12.4. The predicted octanol–water partition coefficient (Wildman–Crippen LogP) is 15.6. The van der Waals surface area contributed by atoms with Crippen molar-refractivity contribution in [3.63, 3.8) is 0 Å². The van der Waals surface area contributed by atoms with Gasteiger partial charge < -0.3 is 20.3 Å². The summed E-state index contributed by atoms with van der Waals surface area (Å²) in [6.45, 7) is 4.93. The highest BCUT2D eigenvalue weighted by Crippen LogP contribution is 2.17. The third kappa shape index (κ3) is 44.4. The lowest BCUT2D eigenvalue weighted by atomic mass is 10.0. The SMILES string of the molecule is CCCCCCCCCCCCCC(=O)OCCCCCCCCCCCCCCCCCCCCCCCC(=O)NC(CO)C(O)CCCCCCCCCCC.